The van der Waals surface area contributed by atoms with Gasteiger partial charge in [-0.15, -0.1) is 0 Å². The van der Waals surface area contributed by atoms with E-state index in [4.69, 9.17) is 0 Å². The normalized spacial score (nSPS) is 14.6. The minimum absolute atomic E-state index is 0.255. The molecule has 1 unspecified atom stereocenters. The highest BCUT2D eigenvalue weighted by Gasteiger charge is 2.23. The number of Topliss-reactive ketones (excluding diaryl/α,β-unsaturated/α-hetero) is 1. The first-order valence-electron chi connectivity index (χ1n) is 8.66. The molecule has 24 heavy (non-hydrogen) atoms. The predicted octanol–water partition coefficient (Wildman–Crippen LogP) is 4.52. The molecule has 0 aliphatic heterocycles. The quantitative estimate of drug-likeness (QED) is 0.759. The Balaban J connectivity index is 1.60. The Morgan fingerprint density at radius 2 is 1.92 bits per heavy atom. The highest BCUT2D eigenvalue weighted by atomic mass is 16.1. The summed E-state index contributed by atoms with van der Waals surface area (Å²) in [6, 6.07) is 12.4. The van der Waals surface area contributed by atoms with Gasteiger partial charge in [-0.1, -0.05) is 31.0 Å². The van der Waals surface area contributed by atoms with E-state index in [2.05, 4.69) is 41.9 Å². The second-order valence-corrected chi connectivity index (χ2v) is 6.91. The van der Waals surface area contributed by atoms with Gasteiger partial charge in [-0.2, -0.15) is 0 Å². The molecular formula is C22H23NO. The van der Waals surface area contributed by atoms with Crippen molar-refractivity contribution in [2.45, 2.75) is 45.4 Å². The molecule has 0 saturated heterocycles. The zero-order valence-corrected chi connectivity index (χ0v) is 14.4. The highest BCUT2D eigenvalue weighted by Crippen LogP contribution is 2.39. The standard InChI is InChI=1S/C22H23NO/c1-16(13-17(2)24)14-19-5-3-18(4-6-19)7-11-22-12-10-21(15-23-22)20-8-9-20/h3-6,10,12,15-16,20H,8-9,13-14H2,1-2H3. The molecule has 1 aromatic heterocycles. The molecule has 1 aliphatic rings. The van der Waals surface area contributed by atoms with Crippen molar-refractivity contribution < 1.29 is 4.79 Å². The van der Waals surface area contributed by atoms with E-state index in [0.29, 0.717) is 12.3 Å². The zero-order chi connectivity index (χ0) is 16.9. The number of ketones is 1. The fraction of sp³-hybridized carbons (Fsp3) is 0.364. The molecule has 1 atom stereocenters. The summed E-state index contributed by atoms with van der Waals surface area (Å²) in [5.74, 6) is 7.67. The van der Waals surface area contributed by atoms with Gasteiger partial charge in [0, 0.05) is 18.2 Å². The van der Waals surface area contributed by atoms with Gasteiger partial charge in [0.05, 0.1) is 0 Å². The lowest BCUT2D eigenvalue weighted by Gasteiger charge is -2.09. The summed E-state index contributed by atoms with van der Waals surface area (Å²) in [5, 5.41) is 0. The molecule has 1 heterocycles. The third-order valence-corrected chi connectivity index (χ3v) is 4.34. The maximum Gasteiger partial charge on any atom is 0.130 e. The molecule has 1 fully saturated rings. The van der Waals surface area contributed by atoms with Crippen LogP contribution in [0.3, 0.4) is 0 Å². The van der Waals surface area contributed by atoms with Crippen molar-refractivity contribution in [2.75, 3.05) is 0 Å². The van der Waals surface area contributed by atoms with Gasteiger partial charge in [-0.3, -0.25) is 0 Å². The molecule has 0 amide bonds. The van der Waals surface area contributed by atoms with E-state index in [1.54, 1.807) is 6.92 Å². The van der Waals surface area contributed by atoms with E-state index in [9.17, 15) is 4.79 Å². The van der Waals surface area contributed by atoms with E-state index in [0.717, 1.165) is 23.6 Å². The lowest BCUT2D eigenvalue weighted by atomic mass is 9.96. The number of hydrogen-bond donors (Lipinski definition) is 0. The van der Waals surface area contributed by atoms with Crippen molar-refractivity contribution in [3.8, 4) is 11.8 Å². The number of aromatic nitrogens is 1. The number of nitrogens with zero attached hydrogens (tertiary/aromatic N) is 1. The predicted molar refractivity (Wildman–Crippen MR) is 96.8 cm³/mol. The summed E-state index contributed by atoms with van der Waals surface area (Å²) >= 11 is 0. The molecule has 2 nitrogen and oxygen atoms in total. The summed E-state index contributed by atoms with van der Waals surface area (Å²) in [7, 11) is 0. The molecule has 3 rings (SSSR count). The number of carbonyl (C=O) groups excluding carboxylic acids is 1. The monoisotopic (exact) mass is 317 g/mol. The Bertz CT molecular complexity index is 758. The summed E-state index contributed by atoms with van der Waals surface area (Å²) in [4.78, 5) is 15.6. The number of benzene rings is 1. The molecule has 1 aromatic carbocycles. The molecule has 0 radical (unpaired) electrons. The van der Waals surface area contributed by atoms with E-state index in [1.807, 2.05) is 24.4 Å². The van der Waals surface area contributed by atoms with Crippen LogP contribution in [-0.2, 0) is 11.2 Å². The van der Waals surface area contributed by atoms with Crippen LogP contribution in [0.15, 0.2) is 42.6 Å². The summed E-state index contributed by atoms with van der Waals surface area (Å²) in [5.41, 5.74) is 4.40. The van der Waals surface area contributed by atoms with Gasteiger partial charge in [-0.25, -0.2) is 4.98 Å². The Morgan fingerprint density at radius 3 is 2.50 bits per heavy atom. The molecule has 2 heteroatoms. The molecule has 0 spiro atoms. The SMILES string of the molecule is CC(=O)CC(C)Cc1ccc(C#Cc2ccc(C3CC3)cn2)cc1. The van der Waals surface area contributed by atoms with Crippen molar-refractivity contribution in [3.63, 3.8) is 0 Å². The number of carbonyl (C=O) groups is 1. The average Bonchev–Trinajstić information content (AvgIpc) is 3.39. The zero-order valence-electron chi connectivity index (χ0n) is 14.4. The van der Waals surface area contributed by atoms with Gasteiger partial charge in [0.2, 0.25) is 0 Å². The van der Waals surface area contributed by atoms with Crippen LogP contribution in [-0.4, -0.2) is 10.8 Å². The van der Waals surface area contributed by atoms with E-state index in [1.165, 1.54) is 24.0 Å². The van der Waals surface area contributed by atoms with Crippen molar-refractivity contribution in [3.05, 3.63) is 65.0 Å². The number of pyridine rings is 1. The molecule has 2 aromatic rings. The van der Waals surface area contributed by atoms with Gasteiger partial charge >= 0.3 is 0 Å². The largest absolute Gasteiger partial charge is 0.300 e. The average molecular weight is 317 g/mol. The first kappa shape index (κ1) is 16.5. The number of rotatable bonds is 5. The van der Waals surface area contributed by atoms with E-state index >= 15 is 0 Å². The third-order valence-electron chi connectivity index (χ3n) is 4.34. The van der Waals surface area contributed by atoms with Gasteiger partial charge in [0.1, 0.15) is 11.5 Å². The highest BCUT2D eigenvalue weighted by molar-refractivity contribution is 5.75. The van der Waals surface area contributed by atoms with E-state index < -0.39 is 0 Å². The van der Waals surface area contributed by atoms with Gasteiger partial charge in [-0.05, 0) is 73.3 Å². The Hall–Kier alpha value is -2.40. The van der Waals surface area contributed by atoms with Crippen LogP contribution in [0.4, 0.5) is 0 Å². The van der Waals surface area contributed by atoms with Gasteiger partial charge in [0.15, 0.2) is 0 Å². The third kappa shape index (κ3) is 4.80. The smallest absolute Gasteiger partial charge is 0.130 e. The van der Waals surface area contributed by atoms with Crippen LogP contribution < -0.4 is 0 Å². The lowest BCUT2D eigenvalue weighted by Crippen LogP contribution is -2.04. The van der Waals surface area contributed by atoms with Crippen molar-refractivity contribution in [1.82, 2.24) is 4.98 Å². The maximum absolute atomic E-state index is 11.2. The van der Waals surface area contributed by atoms with Crippen LogP contribution in [0.2, 0.25) is 0 Å². The van der Waals surface area contributed by atoms with Gasteiger partial charge in [0.25, 0.3) is 0 Å². The first-order valence-corrected chi connectivity index (χ1v) is 8.66. The molecule has 0 N–H and O–H groups in total. The van der Waals surface area contributed by atoms with Crippen LogP contribution in [0.1, 0.15) is 61.4 Å². The Morgan fingerprint density at radius 1 is 1.17 bits per heavy atom. The minimum Gasteiger partial charge on any atom is -0.300 e. The fourth-order valence-electron chi connectivity index (χ4n) is 2.96. The summed E-state index contributed by atoms with van der Waals surface area (Å²) < 4.78 is 0. The molecular weight excluding hydrogens is 294 g/mol. The Kier molecular flexibility index (Phi) is 5.11. The van der Waals surface area contributed by atoms with Crippen LogP contribution >= 0.6 is 0 Å². The molecule has 1 aliphatic carbocycles. The molecule has 122 valence electrons. The van der Waals surface area contributed by atoms with Crippen molar-refractivity contribution in [1.29, 1.82) is 0 Å². The van der Waals surface area contributed by atoms with Crippen molar-refractivity contribution >= 4 is 5.78 Å². The summed E-state index contributed by atoms with van der Waals surface area (Å²) in [6.45, 7) is 3.77. The second kappa shape index (κ2) is 7.45. The molecule has 0 bridgehead atoms. The first-order chi connectivity index (χ1) is 11.6. The van der Waals surface area contributed by atoms with Crippen LogP contribution in [0.5, 0.6) is 0 Å². The lowest BCUT2D eigenvalue weighted by molar-refractivity contribution is -0.117. The topological polar surface area (TPSA) is 30.0 Å². The van der Waals surface area contributed by atoms with Crippen molar-refractivity contribution in [2.24, 2.45) is 5.92 Å². The summed E-state index contributed by atoms with van der Waals surface area (Å²) in [6.07, 6.45) is 6.12. The Labute approximate surface area is 144 Å². The molecule has 1 saturated carbocycles. The van der Waals surface area contributed by atoms with Crippen LogP contribution in [0.25, 0.3) is 0 Å². The van der Waals surface area contributed by atoms with Crippen LogP contribution in [0, 0.1) is 17.8 Å². The fourth-order valence-corrected chi connectivity index (χ4v) is 2.96. The number of hydrogen-bond acceptors (Lipinski definition) is 2. The van der Waals surface area contributed by atoms with E-state index in [-0.39, 0.29) is 5.78 Å². The second-order valence-electron chi connectivity index (χ2n) is 6.91. The maximum atomic E-state index is 11.2. The minimum atomic E-state index is 0.255. The van der Waals surface area contributed by atoms with Gasteiger partial charge < -0.3 is 4.79 Å².